The van der Waals surface area contributed by atoms with Gasteiger partial charge in [0.2, 0.25) is 6.29 Å². The minimum atomic E-state index is -1.55. The first-order valence-corrected chi connectivity index (χ1v) is 12.2. The first-order valence-electron chi connectivity index (χ1n) is 12.2. The third-order valence-corrected chi connectivity index (χ3v) is 5.74. The van der Waals surface area contributed by atoms with Crippen molar-refractivity contribution in [2.24, 2.45) is 0 Å². The van der Waals surface area contributed by atoms with Crippen LogP contribution in [0.25, 0.3) is 0 Å². The summed E-state index contributed by atoms with van der Waals surface area (Å²) in [5.74, 6) is -0.526. The summed E-state index contributed by atoms with van der Waals surface area (Å²) < 4.78 is 10.2. The van der Waals surface area contributed by atoms with E-state index in [1.807, 2.05) is 0 Å². The van der Waals surface area contributed by atoms with E-state index in [1.54, 1.807) is 0 Å². The fourth-order valence-electron chi connectivity index (χ4n) is 3.69. The number of aliphatic hydroxyl groups is 4. The Balaban J connectivity index is 1.99. The normalized spacial score (nSPS) is 26.4. The van der Waals surface area contributed by atoms with E-state index < -0.39 is 43.3 Å². The van der Waals surface area contributed by atoms with Crippen molar-refractivity contribution in [1.29, 1.82) is 0 Å². The highest BCUT2D eigenvalue weighted by atomic mass is 16.7. The summed E-state index contributed by atoms with van der Waals surface area (Å²) in [5, 5.41) is 38.5. The smallest absolute Gasteiger partial charge is 0.308 e. The zero-order valence-electron chi connectivity index (χ0n) is 19.2. The molecular weight excluding hydrogens is 400 g/mol. The fourth-order valence-corrected chi connectivity index (χ4v) is 3.69. The van der Waals surface area contributed by atoms with Crippen molar-refractivity contribution in [3.8, 4) is 0 Å². The van der Waals surface area contributed by atoms with Crippen LogP contribution < -0.4 is 0 Å². The number of carbonyl (C=O) groups excluding carboxylic acids is 1. The second kappa shape index (κ2) is 17.6. The van der Waals surface area contributed by atoms with Crippen molar-refractivity contribution >= 4 is 5.97 Å². The Morgan fingerprint density at radius 3 is 1.94 bits per heavy atom. The average Bonchev–Trinajstić information content (AvgIpc) is 2.76. The molecular formula is C24H44O7. The van der Waals surface area contributed by atoms with E-state index in [1.165, 1.54) is 44.9 Å². The number of aliphatic hydroxyl groups excluding tert-OH is 4. The monoisotopic (exact) mass is 444 g/mol. The number of hydrogen-bond acceptors (Lipinski definition) is 7. The molecule has 1 aliphatic rings. The van der Waals surface area contributed by atoms with Gasteiger partial charge in [-0.2, -0.15) is 0 Å². The van der Waals surface area contributed by atoms with Gasteiger partial charge in [0.15, 0.2) is 0 Å². The predicted molar refractivity (Wildman–Crippen MR) is 119 cm³/mol. The Morgan fingerprint density at radius 2 is 1.35 bits per heavy atom. The highest BCUT2D eigenvalue weighted by Gasteiger charge is 2.45. The summed E-state index contributed by atoms with van der Waals surface area (Å²) in [6, 6.07) is 0. The van der Waals surface area contributed by atoms with E-state index in [9.17, 15) is 20.1 Å². The number of unbranched alkanes of at least 4 members (excludes halogenated alkanes) is 11. The van der Waals surface area contributed by atoms with Crippen LogP contribution in [0.4, 0.5) is 0 Å². The lowest BCUT2D eigenvalue weighted by molar-refractivity contribution is -0.292. The van der Waals surface area contributed by atoms with Crippen LogP contribution >= 0.6 is 0 Å². The summed E-state index contributed by atoms with van der Waals surface area (Å²) in [5.41, 5.74) is 0. The number of hydrogen-bond donors (Lipinski definition) is 4. The molecule has 7 heteroatoms. The maximum absolute atomic E-state index is 11.9. The topological polar surface area (TPSA) is 116 Å². The molecule has 4 N–H and O–H groups in total. The van der Waals surface area contributed by atoms with Crippen molar-refractivity contribution in [2.45, 2.75) is 128 Å². The second-order valence-corrected chi connectivity index (χ2v) is 8.52. The highest BCUT2D eigenvalue weighted by Crippen LogP contribution is 2.22. The molecule has 0 unspecified atom stereocenters. The second-order valence-electron chi connectivity index (χ2n) is 8.52. The van der Waals surface area contributed by atoms with Crippen LogP contribution in [-0.2, 0) is 14.3 Å². The van der Waals surface area contributed by atoms with Crippen molar-refractivity contribution in [2.75, 3.05) is 6.61 Å². The standard InChI is InChI=1S/C24H44O7/c1-2-3-4-5-6-7-8-9-10-11-12-13-14-15-16-17-20(26)31-24-23(29)22(28)21(27)19(18-25)30-24/h9-10,19,21-25,27-29H,2-8,11-18H2,1H3/b10-9-/t19-,21-,22+,23-,24+/m1/s1. The summed E-state index contributed by atoms with van der Waals surface area (Å²) >= 11 is 0. The molecule has 7 nitrogen and oxygen atoms in total. The summed E-state index contributed by atoms with van der Waals surface area (Å²) in [6.07, 6.45) is 13.0. The molecule has 0 spiro atoms. The van der Waals surface area contributed by atoms with Crippen molar-refractivity contribution in [1.82, 2.24) is 0 Å². The Labute approximate surface area is 187 Å². The van der Waals surface area contributed by atoms with Gasteiger partial charge >= 0.3 is 5.97 Å². The van der Waals surface area contributed by atoms with Gasteiger partial charge in [-0.1, -0.05) is 70.4 Å². The molecule has 0 aromatic heterocycles. The Morgan fingerprint density at radius 1 is 0.806 bits per heavy atom. The molecule has 182 valence electrons. The molecule has 31 heavy (non-hydrogen) atoms. The maximum atomic E-state index is 11.9. The molecule has 1 aliphatic heterocycles. The van der Waals surface area contributed by atoms with Gasteiger partial charge in [-0.05, 0) is 32.1 Å². The van der Waals surface area contributed by atoms with Crippen LogP contribution in [0.5, 0.6) is 0 Å². The molecule has 0 aromatic rings. The fraction of sp³-hybridized carbons (Fsp3) is 0.875. The zero-order chi connectivity index (χ0) is 22.9. The molecule has 5 atom stereocenters. The van der Waals surface area contributed by atoms with Gasteiger partial charge in [0.1, 0.15) is 24.4 Å². The molecule has 0 aromatic carbocycles. The van der Waals surface area contributed by atoms with Gasteiger partial charge in [-0.15, -0.1) is 0 Å². The summed E-state index contributed by atoms with van der Waals surface area (Å²) in [4.78, 5) is 11.9. The van der Waals surface area contributed by atoms with Gasteiger partial charge in [-0.25, -0.2) is 0 Å². The van der Waals surface area contributed by atoms with Crippen LogP contribution in [0.2, 0.25) is 0 Å². The third-order valence-electron chi connectivity index (χ3n) is 5.74. The van der Waals surface area contributed by atoms with Gasteiger partial charge < -0.3 is 29.9 Å². The molecule has 0 radical (unpaired) electrons. The number of rotatable bonds is 17. The highest BCUT2D eigenvalue weighted by molar-refractivity contribution is 5.69. The minimum absolute atomic E-state index is 0.202. The zero-order valence-corrected chi connectivity index (χ0v) is 19.2. The SMILES string of the molecule is CCCCCCCC/C=C\CCCCCCCC(=O)O[C@@H]1O[C@H](CO)[C@@H](O)[C@H](O)[C@H]1O. The Kier molecular flexibility index (Phi) is 15.9. The van der Waals surface area contributed by atoms with Gasteiger partial charge in [0.05, 0.1) is 6.61 Å². The first kappa shape index (κ1) is 28.0. The number of allylic oxidation sites excluding steroid dienone is 2. The molecule has 0 aliphatic carbocycles. The van der Waals surface area contributed by atoms with E-state index in [-0.39, 0.29) is 6.42 Å². The number of carbonyl (C=O) groups is 1. The van der Waals surface area contributed by atoms with E-state index >= 15 is 0 Å². The molecule has 0 bridgehead atoms. The van der Waals surface area contributed by atoms with Crippen LogP contribution in [-0.4, -0.2) is 63.7 Å². The molecule has 1 heterocycles. The third kappa shape index (κ3) is 12.0. The first-order chi connectivity index (χ1) is 15.0. The molecule has 0 amide bonds. The molecule has 1 saturated heterocycles. The molecule has 1 fully saturated rings. The molecule has 1 rings (SSSR count). The van der Waals surface area contributed by atoms with E-state index in [2.05, 4.69) is 19.1 Å². The van der Waals surface area contributed by atoms with Crippen LogP contribution in [0.3, 0.4) is 0 Å². The average molecular weight is 445 g/mol. The van der Waals surface area contributed by atoms with E-state index in [4.69, 9.17) is 14.6 Å². The molecule has 0 saturated carbocycles. The van der Waals surface area contributed by atoms with Crippen molar-refractivity contribution < 1.29 is 34.7 Å². The van der Waals surface area contributed by atoms with Crippen LogP contribution in [0, 0.1) is 0 Å². The largest absolute Gasteiger partial charge is 0.433 e. The lowest BCUT2D eigenvalue weighted by Crippen LogP contribution is -2.59. The van der Waals surface area contributed by atoms with Crippen LogP contribution in [0.1, 0.15) is 96.8 Å². The quantitative estimate of drug-likeness (QED) is 0.154. The van der Waals surface area contributed by atoms with Crippen LogP contribution in [0.15, 0.2) is 12.2 Å². The predicted octanol–water partition coefficient (Wildman–Crippen LogP) is 3.37. The lowest BCUT2D eigenvalue weighted by atomic mass is 9.99. The van der Waals surface area contributed by atoms with Gasteiger partial charge in [0.25, 0.3) is 0 Å². The summed E-state index contributed by atoms with van der Waals surface area (Å²) in [6.45, 7) is 1.69. The Bertz CT molecular complexity index is 481. The number of ether oxygens (including phenoxy) is 2. The summed E-state index contributed by atoms with van der Waals surface area (Å²) in [7, 11) is 0. The maximum Gasteiger partial charge on any atom is 0.308 e. The van der Waals surface area contributed by atoms with Gasteiger partial charge in [-0.3, -0.25) is 4.79 Å². The number of esters is 1. The van der Waals surface area contributed by atoms with Crippen molar-refractivity contribution in [3.63, 3.8) is 0 Å². The van der Waals surface area contributed by atoms with E-state index in [0.717, 1.165) is 32.1 Å². The van der Waals surface area contributed by atoms with E-state index in [0.29, 0.717) is 6.42 Å². The Hall–Kier alpha value is -0.990. The van der Waals surface area contributed by atoms with Crippen molar-refractivity contribution in [3.05, 3.63) is 12.2 Å². The van der Waals surface area contributed by atoms with Gasteiger partial charge in [0, 0.05) is 6.42 Å². The minimum Gasteiger partial charge on any atom is -0.433 e. The lowest BCUT2D eigenvalue weighted by Gasteiger charge is -2.39.